The SMILES string of the molecule is COc1cc(OC)nc(C(NC(=O)C2CCN(Cc3ccc(Oc4ccccc4)cc3)CC2)c2ccc(Cl)cc2)n1. The van der Waals surface area contributed by atoms with Crippen molar-refractivity contribution in [1.29, 1.82) is 0 Å². The molecule has 1 fully saturated rings. The molecule has 212 valence electrons. The third kappa shape index (κ3) is 7.54. The van der Waals surface area contributed by atoms with Gasteiger partial charge in [0.05, 0.1) is 20.3 Å². The van der Waals surface area contributed by atoms with Gasteiger partial charge in [0, 0.05) is 17.5 Å². The van der Waals surface area contributed by atoms with Gasteiger partial charge in [0.2, 0.25) is 17.7 Å². The Labute approximate surface area is 245 Å². The number of para-hydroxylation sites is 1. The number of aromatic nitrogens is 2. The molecule has 4 aromatic rings. The molecule has 9 heteroatoms. The van der Waals surface area contributed by atoms with Gasteiger partial charge in [-0.1, -0.05) is 54.1 Å². The van der Waals surface area contributed by atoms with E-state index in [0.717, 1.165) is 49.5 Å². The van der Waals surface area contributed by atoms with Gasteiger partial charge in [0.1, 0.15) is 17.5 Å². The van der Waals surface area contributed by atoms with Crippen LogP contribution in [0.1, 0.15) is 35.8 Å². The van der Waals surface area contributed by atoms with Crippen LogP contribution in [0.25, 0.3) is 0 Å². The number of carbonyl (C=O) groups excluding carboxylic acids is 1. The first kappa shape index (κ1) is 28.4. The molecule has 3 aromatic carbocycles. The Morgan fingerprint density at radius 1 is 0.902 bits per heavy atom. The molecule has 1 amide bonds. The molecular weight excluding hydrogens is 540 g/mol. The molecule has 1 aliphatic rings. The van der Waals surface area contributed by atoms with Crippen molar-refractivity contribution in [3.8, 4) is 23.3 Å². The minimum absolute atomic E-state index is 0.0302. The zero-order valence-corrected chi connectivity index (χ0v) is 23.9. The quantitative estimate of drug-likeness (QED) is 0.247. The third-order valence-electron chi connectivity index (χ3n) is 7.13. The number of carbonyl (C=O) groups is 1. The lowest BCUT2D eigenvalue weighted by Gasteiger charge is -2.32. The van der Waals surface area contributed by atoms with Crippen LogP contribution in [-0.2, 0) is 11.3 Å². The average molecular weight is 573 g/mol. The Bertz CT molecular complexity index is 1400. The molecule has 0 bridgehead atoms. The van der Waals surface area contributed by atoms with Crippen LogP contribution in [0, 0.1) is 5.92 Å². The van der Waals surface area contributed by atoms with Gasteiger partial charge in [-0.25, -0.2) is 0 Å². The van der Waals surface area contributed by atoms with Crippen LogP contribution in [-0.4, -0.2) is 48.1 Å². The van der Waals surface area contributed by atoms with E-state index in [9.17, 15) is 4.79 Å². The van der Waals surface area contributed by atoms with E-state index in [0.29, 0.717) is 22.6 Å². The number of amides is 1. The van der Waals surface area contributed by atoms with Gasteiger partial charge < -0.3 is 19.5 Å². The van der Waals surface area contributed by atoms with E-state index >= 15 is 0 Å². The summed E-state index contributed by atoms with van der Waals surface area (Å²) in [5, 5.41) is 3.79. The molecule has 5 rings (SSSR count). The van der Waals surface area contributed by atoms with Crippen LogP contribution >= 0.6 is 11.6 Å². The molecule has 0 saturated carbocycles. The Kier molecular flexibility index (Phi) is 9.33. The first-order chi connectivity index (χ1) is 20.0. The molecule has 1 aromatic heterocycles. The summed E-state index contributed by atoms with van der Waals surface area (Å²) in [4.78, 5) is 24.9. The molecule has 0 spiro atoms. The van der Waals surface area contributed by atoms with E-state index < -0.39 is 6.04 Å². The van der Waals surface area contributed by atoms with E-state index in [-0.39, 0.29) is 11.8 Å². The van der Waals surface area contributed by atoms with E-state index in [4.69, 9.17) is 25.8 Å². The molecule has 1 N–H and O–H groups in total. The average Bonchev–Trinajstić information content (AvgIpc) is 3.02. The van der Waals surface area contributed by atoms with Crippen molar-refractivity contribution < 1.29 is 19.0 Å². The fourth-order valence-corrected chi connectivity index (χ4v) is 5.00. The van der Waals surface area contributed by atoms with Crippen molar-refractivity contribution in [1.82, 2.24) is 20.2 Å². The van der Waals surface area contributed by atoms with Gasteiger partial charge in [-0.3, -0.25) is 9.69 Å². The van der Waals surface area contributed by atoms with Crippen molar-refractivity contribution in [2.45, 2.75) is 25.4 Å². The van der Waals surface area contributed by atoms with Gasteiger partial charge in [0.25, 0.3) is 0 Å². The lowest BCUT2D eigenvalue weighted by molar-refractivity contribution is -0.127. The van der Waals surface area contributed by atoms with E-state index in [1.165, 1.54) is 19.8 Å². The second-order valence-corrected chi connectivity index (χ2v) is 10.3. The number of nitrogens with zero attached hydrogens (tertiary/aromatic N) is 3. The highest BCUT2D eigenvalue weighted by Gasteiger charge is 2.29. The zero-order valence-electron chi connectivity index (χ0n) is 23.1. The first-order valence-electron chi connectivity index (χ1n) is 13.6. The van der Waals surface area contributed by atoms with Crippen LogP contribution in [0.3, 0.4) is 0 Å². The number of hydrogen-bond acceptors (Lipinski definition) is 7. The Balaban J connectivity index is 1.20. The number of methoxy groups -OCH3 is 2. The molecule has 1 saturated heterocycles. The molecule has 1 unspecified atom stereocenters. The number of likely N-dealkylation sites (tertiary alicyclic amines) is 1. The van der Waals surface area contributed by atoms with Gasteiger partial charge in [-0.05, 0) is 73.5 Å². The number of halogens is 1. The van der Waals surface area contributed by atoms with Gasteiger partial charge in [-0.2, -0.15) is 9.97 Å². The largest absolute Gasteiger partial charge is 0.481 e. The normalized spacial score (nSPS) is 14.7. The minimum atomic E-state index is -0.585. The van der Waals surface area contributed by atoms with Crippen molar-refractivity contribution in [2.75, 3.05) is 27.3 Å². The smallest absolute Gasteiger partial charge is 0.224 e. The summed E-state index contributed by atoms with van der Waals surface area (Å²) >= 11 is 6.13. The molecule has 0 aliphatic carbocycles. The van der Waals surface area contributed by atoms with E-state index in [1.54, 1.807) is 18.2 Å². The fraction of sp³-hybridized carbons (Fsp3) is 0.281. The van der Waals surface area contributed by atoms with Crippen molar-refractivity contribution in [3.63, 3.8) is 0 Å². The Hall–Kier alpha value is -4.14. The lowest BCUT2D eigenvalue weighted by Crippen LogP contribution is -2.41. The van der Waals surface area contributed by atoms with Crippen LogP contribution in [0.5, 0.6) is 23.3 Å². The number of nitrogens with one attached hydrogen (secondary N) is 1. The third-order valence-corrected chi connectivity index (χ3v) is 7.38. The summed E-state index contributed by atoms with van der Waals surface area (Å²) in [7, 11) is 3.06. The zero-order chi connectivity index (χ0) is 28.6. The van der Waals surface area contributed by atoms with Crippen LogP contribution < -0.4 is 19.5 Å². The second kappa shape index (κ2) is 13.5. The predicted octanol–water partition coefficient (Wildman–Crippen LogP) is 6.06. The summed E-state index contributed by atoms with van der Waals surface area (Å²) in [5.41, 5.74) is 2.02. The van der Waals surface area contributed by atoms with Gasteiger partial charge in [0.15, 0.2) is 5.82 Å². The maximum Gasteiger partial charge on any atom is 0.224 e. The molecule has 41 heavy (non-hydrogen) atoms. The maximum absolute atomic E-state index is 13.5. The fourth-order valence-electron chi connectivity index (χ4n) is 4.87. The highest BCUT2D eigenvalue weighted by molar-refractivity contribution is 6.30. The minimum Gasteiger partial charge on any atom is -0.481 e. The Morgan fingerprint density at radius 2 is 1.51 bits per heavy atom. The lowest BCUT2D eigenvalue weighted by atomic mass is 9.94. The van der Waals surface area contributed by atoms with Gasteiger partial charge in [-0.15, -0.1) is 0 Å². The molecule has 2 heterocycles. The molecule has 1 aliphatic heterocycles. The van der Waals surface area contributed by atoms with E-state index in [1.807, 2.05) is 54.6 Å². The summed E-state index contributed by atoms with van der Waals surface area (Å²) < 4.78 is 16.6. The molecular formula is C32H33ClN4O4. The van der Waals surface area contributed by atoms with Gasteiger partial charge >= 0.3 is 0 Å². The maximum atomic E-state index is 13.5. The first-order valence-corrected chi connectivity index (χ1v) is 14.0. The van der Waals surface area contributed by atoms with Crippen LogP contribution in [0.2, 0.25) is 5.02 Å². The number of piperidine rings is 1. The molecule has 1 atom stereocenters. The summed E-state index contributed by atoms with van der Waals surface area (Å²) in [6.45, 7) is 2.48. The van der Waals surface area contributed by atoms with Crippen LogP contribution in [0.4, 0.5) is 0 Å². The predicted molar refractivity (Wildman–Crippen MR) is 158 cm³/mol. The summed E-state index contributed by atoms with van der Waals surface area (Å²) in [6, 6.07) is 26.2. The summed E-state index contributed by atoms with van der Waals surface area (Å²) in [5.74, 6) is 2.57. The highest BCUT2D eigenvalue weighted by Crippen LogP contribution is 2.28. The number of rotatable bonds is 10. The topological polar surface area (TPSA) is 85.8 Å². The highest BCUT2D eigenvalue weighted by atomic mass is 35.5. The number of ether oxygens (including phenoxy) is 3. The second-order valence-electron chi connectivity index (χ2n) is 9.91. The van der Waals surface area contributed by atoms with E-state index in [2.05, 4.69) is 32.3 Å². The monoisotopic (exact) mass is 572 g/mol. The number of benzene rings is 3. The number of hydrogen-bond donors (Lipinski definition) is 1. The molecule has 0 radical (unpaired) electrons. The van der Waals surface area contributed by atoms with Crippen molar-refractivity contribution >= 4 is 17.5 Å². The standard InChI is InChI=1S/C32H33ClN4O4/c1-39-28-20-29(40-2)35-31(34-28)30(23-10-12-25(33)13-11-23)36-32(38)24-16-18-37(19-17-24)21-22-8-14-27(15-9-22)41-26-6-4-3-5-7-26/h3-15,20,24,30H,16-19,21H2,1-2H3,(H,36,38). The van der Waals surface area contributed by atoms with Crippen LogP contribution in [0.15, 0.2) is 84.9 Å². The van der Waals surface area contributed by atoms with Crippen molar-refractivity contribution in [3.05, 3.63) is 107 Å². The molecule has 8 nitrogen and oxygen atoms in total. The Morgan fingerprint density at radius 3 is 2.12 bits per heavy atom. The summed E-state index contributed by atoms with van der Waals surface area (Å²) in [6.07, 6.45) is 1.52. The van der Waals surface area contributed by atoms with Crippen molar-refractivity contribution in [2.24, 2.45) is 5.92 Å².